The summed E-state index contributed by atoms with van der Waals surface area (Å²) in [4.78, 5) is 16.4. The molecule has 0 unspecified atom stereocenters. The van der Waals surface area contributed by atoms with Gasteiger partial charge in [-0.15, -0.1) is 11.8 Å². The molecule has 2 aromatic carbocycles. The molecule has 1 aromatic heterocycles. The van der Waals surface area contributed by atoms with E-state index >= 15 is 0 Å². The van der Waals surface area contributed by atoms with E-state index in [0.717, 1.165) is 17.5 Å². The van der Waals surface area contributed by atoms with Gasteiger partial charge in [-0.1, -0.05) is 24.3 Å². The number of thioether (sulfide) groups is 1. The van der Waals surface area contributed by atoms with Gasteiger partial charge >= 0.3 is 0 Å². The van der Waals surface area contributed by atoms with Gasteiger partial charge in [0, 0.05) is 29.2 Å². The zero-order valence-electron chi connectivity index (χ0n) is 18.0. The predicted octanol–water partition coefficient (Wildman–Crippen LogP) is 4.86. The topological polar surface area (TPSA) is 78.5 Å². The van der Waals surface area contributed by atoms with Gasteiger partial charge < -0.3 is 14.7 Å². The molecule has 0 saturated heterocycles. The molecule has 0 bridgehead atoms. The van der Waals surface area contributed by atoms with Crippen LogP contribution in [-0.4, -0.2) is 51.6 Å². The molecule has 3 aromatic rings. The molecular weight excluding hydrogens is 410 g/mol. The summed E-state index contributed by atoms with van der Waals surface area (Å²) in [6, 6.07) is 15.1. The van der Waals surface area contributed by atoms with Crippen molar-refractivity contribution in [1.82, 2.24) is 15.1 Å². The van der Waals surface area contributed by atoms with Gasteiger partial charge in [0.15, 0.2) is 0 Å². The fourth-order valence-electron chi connectivity index (χ4n) is 3.99. The summed E-state index contributed by atoms with van der Waals surface area (Å²) in [5, 5.41) is 17.8. The Bertz CT molecular complexity index is 1060. The Hall–Kier alpha value is -2.77. The van der Waals surface area contributed by atoms with Crippen molar-refractivity contribution in [2.45, 2.75) is 37.3 Å². The van der Waals surface area contributed by atoms with E-state index in [4.69, 9.17) is 4.74 Å². The van der Waals surface area contributed by atoms with Gasteiger partial charge in [-0.2, -0.15) is 5.10 Å². The summed E-state index contributed by atoms with van der Waals surface area (Å²) in [7, 11) is 0. The molecule has 4 rings (SSSR count). The maximum atomic E-state index is 13.3. The van der Waals surface area contributed by atoms with E-state index in [2.05, 4.69) is 34.5 Å². The monoisotopic (exact) mass is 437 g/mol. The summed E-state index contributed by atoms with van der Waals surface area (Å²) in [6.45, 7) is 5.18. The number of carbonyl (C=O) groups is 1. The molecule has 31 heavy (non-hydrogen) atoms. The molecule has 2 heterocycles. The molecule has 2 N–H and O–H groups in total. The minimum atomic E-state index is -0.272. The van der Waals surface area contributed by atoms with Crippen molar-refractivity contribution in [3.63, 3.8) is 0 Å². The van der Waals surface area contributed by atoms with Gasteiger partial charge in [-0.25, -0.2) is 0 Å². The van der Waals surface area contributed by atoms with Crippen molar-refractivity contribution in [3.8, 4) is 17.0 Å². The van der Waals surface area contributed by atoms with Crippen LogP contribution in [0, 0.1) is 0 Å². The Balaban J connectivity index is 1.74. The number of phenols is 1. The molecule has 6 nitrogen and oxygen atoms in total. The fourth-order valence-corrected chi connectivity index (χ4v) is 4.40. The normalized spacial score (nSPS) is 15.7. The van der Waals surface area contributed by atoms with Crippen LogP contribution >= 0.6 is 11.8 Å². The first-order chi connectivity index (χ1) is 15.0. The van der Waals surface area contributed by atoms with E-state index in [1.165, 1.54) is 4.90 Å². The van der Waals surface area contributed by atoms with Gasteiger partial charge in [0.05, 0.1) is 12.1 Å². The Morgan fingerprint density at radius 1 is 1.19 bits per heavy atom. The van der Waals surface area contributed by atoms with Crippen molar-refractivity contribution in [2.75, 3.05) is 19.4 Å². The second-order valence-corrected chi connectivity index (χ2v) is 8.71. The van der Waals surface area contributed by atoms with Gasteiger partial charge in [0.2, 0.25) is 0 Å². The van der Waals surface area contributed by atoms with Crippen LogP contribution in [0.15, 0.2) is 53.4 Å². The molecule has 0 spiro atoms. The lowest BCUT2D eigenvalue weighted by atomic mass is 9.95. The van der Waals surface area contributed by atoms with Crippen LogP contribution in [0.1, 0.15) is 47.9 Å². The van der Waals surface area contributed by atoms with Gasteiger partial charge in [0.1, 0.15) is 17.1 Å². The third-order valence-electron chi connectivity index (χ3n) is 5.45. The molecule has 0 saturated carbocycles. The quantitative estimate of drug-likeness (QED) is 0.388. The van der Waals surface area contributed by atoms with Crippen LogP contribution in [0.5, 0.6) is 5.75 Å². The van der Waals surface area contributed by atoms with E-state index in [0.29, 0.717) is 30.1 Å². The first-order valence-corrected chi connectivity index (χ1v) is 11.7. The number of H-pyrrole nitrogens is 1. The summed E-state index contributed by atoms with van der Waals surface area (Å²) >= 11 is 1.68. The van der Waals surface area contributed by atoms with E-state index < -0.39 is 0 Å². The highest BCUT2D eigenvalue weighted by atomic mass is 32.2. The molecule has 1 atom stereocenters. The number of hydrogen-bond acceptors (Lipinski definition) is 5. The highest BCUT2D eigenvalue weighted by Crippen LogP contribution is 2.44. The number of hydrogen-bond donors (Lipinski definition) is 2. The van der Waals surface area contributed by atoms with Crippen molar-refractivity contribution in [1.29, 1.82) is 0 Å². The molecule has 1 aliphatic rings. The number of rotatable bonds is 8. The number of fused-ring (bicyclic) bond motifs is 1. The molecule has 1 aliphatic heterocycles. The van der Waals surface area contributed by atoms with Gasteiger partial charge in [0.25, 0.3) is 5.91 Å². The maximum absolute atomic E-state index is 13.3. The third kappa shape index (κ3) is 4.20. The summed E-state index contributed by atoms with van der Waals surface area (Å²) in [5.41, 5.74) is 3.55. The Morgan fingerprint density at radius 3 is 2.61 bits per heavy atom. The SMILES string of the molecule is CSc1ccc([C@@H]2c3c(-c4ccccc4O)n[nH]c3C(=O)N2CCCOC(C)C)cc1. The van der Waals surface area contributed by atoms with E-state index in [1.54, 1.807) is 23.9 Å². The number of carbonyl (C=O) groups excluding carboxylic acids is 1. The minimum Gasteiger partial charge on any atom is -0.507 e. The second-order valence-electron chi connectivity index (χ2n) is 7.83. The highest BCUT2D eigenvalue weighted by molar-refractivity contribution is 7.98. The van der Waals surface area contributed by atoms with E-state index in [-0.39, 0.29) is 23.8 Å². The number of aromatic amines is 1. The van der Waals surface area contributed by atoms with E-state index in [9.17, 15) is 9.90 Å². The molecule has 162 valence electrons. The number of ether oxygens (including phenoxy) is 1. The van der Waals surface area contributed by atoms with Crippen molar-refractivity contribution in [2.24, 2.45) is 0 Å². The lowest BCUT2D eigenvalue weighted by Gasteiger charge is -2.26. The average Bonchev–Trinajstić information content (AvgIpc) is 3.31. The number of nitrogens with zero attached hydrogens (tertiary/aromatic N) is 2. The van der Waals surface area contributed by atoms with Crippen molar-refractivity contribution in [3.05, 3.63) is 65.4 Å². The van der Waals surface area contributed by atoms with Gasteiger partial charge in [-0.3, -0.25) is 9.89 Å². The maximum Gasteiger partial charge on any atom is 0.273 e. The lowest BCUT2D eigenvalue weighted by molar-refractivity contribution is 0.0601. The number of nitrogens with one attached hydrogen (secondary N) is 1. The minimum absolute atomic E-state index is 0.0762. The Labute approximate surface area is 186 Å². The van der Waals surface area contributed by atoms with Crippen molar-refractivity contribution >= 4 is 17.7 Å². The molecule has 0 fully saturated rings. The molecule has 7 heteroatoms. The number of para-hydroxylation sites is 1. The summed E-state index contributed by atoms with van der Waals surface area (Å²) in [6.07, 6.45) is 2.95. The first kappa shape index (κ1) is 21.5. The Morgan fingerprint density at radius 2 is 1.94 bits per heavy atom. The largest absolute Gasteiger partial charge is 0.507 e. The van der Waals surface area contributed by atoms with Gasteiger partial charge in [-0.05, 0) is 56.4 Å². The zero-order chi connectivity index (χ0) is 22.0. The zero-order valence-corrected chi connectivity index (χ0v) is 18.8. The summed E-state index contributed by atoms with van der Waals surface area (Å²) in [5.74, 6) is 0.0668. The van der Waals surface area contributed by atoms with Crippen LogP contribution in [0.25, 0.3) is 11.3 Å². The van der Waals surface area contributed by atoms with Crippen LogP contribution in [-0.2, 0) is 4.74 Å². The van der Waals surface area contributed by atoms with Crippen LogP contribution in [0.3, 0.4) is 0 Å². The summed E-state index contributed by atoms with van der Waals surface area (Å²) < 4.78 is 5.68. The van der Waals surface area contributed by atoms with Crippen LogP contribution in [0.4, 0.5) is 0 Å². The van der Waals surface area contributed by atoms with Crippen LogP contribution < -0.4 is 0 Å². The lowest BCUT2D eigenvalue weighted by Crippen LogP contribution is -2.31. The number of amides is 1. The second kappa shape index (κ2) is 9.16. The molecule has 0 aliphatic carbocycles. The first-order valence-electron chi connectivity index (χ1n) is 10.4. The fraction of sp³-hybridized carbons (Fsp3) is 0.333. The predicted molar refractivity (Wildman–Crippen MR) is 122 cm³/mol. The number of aromatic nitrogens is 2. The van der Waals surface area contributed by atoms with Crippen molar-refractivity contribution < 1.29 is 14.6 Å². The smallest absolute Gasteiger partial charge is 0.273 e. The molecule has 1 amide bonds. The molecular formula is C24H27N3O3S. The Kier molecular flexibility index (Phi) is 6.34. The number of aromatic hydroxyl groups is 1. The standard InChI is InChI=1S/C24H27N3O3S/c1-15(2)30-14-6-13-27-23(16-9-11-17(31-3)12-10-16)20-21(25-26-22(20)24(27)29)18-7-4-5-8-19(18)28/h4-5,7-12,15,23,28H,6,13-14H2,1-3H3,(H,25,26)/t23-/m1/s1. The number of phenolic OH excluding ortho intramolecular Hbond substituents is 1. The van der Waals surface area contributed by atoms with E-state index in [1.807, 2.05) is 37.1 Å². The number of benzene rings is 2. The average molecular weight is 438 g/mol. The van der Waals surface area contributed by atoms with Crippen LogP contribution in [0.2, 0.25) is 0 Å². The third-order valence-corrected chi connectivity index (χ3v) is 6.19. The highest BCUT2D eigenvalue weighted by Gasteiger charge is 2.42. The molecule has 0 radical (unpaired) electrons.